The lowest BCUT2D eigenvalue weighted by atomic mass is 9.81. The third-order valence-corrected chi connectivity index (χ3v) is 3.84. The molecular weight excluding hydrogens is 274 g/mol. The van der Waals surface area contributed by atoms with Crippen LogP contribution in [0.25, 0.3) is 0 Å². The fraction of sp³-hybridized carbons (Fsp3) is 0.316. The molecule has 0 aliphatic rings. The molecule has 0 saturated carbocycles. The Labute approximate surface area is 132 Å². The van der Waals surface area contributed by atoms with Crippen LogP contribution in [0.15, 0.2) is 48.5 Å². The zero-order chi connectivity index (χ0) is 16.0. The van der Waals surface area contributed by atoms with E-state index >= 15 is 0 Å². The van der Waals surface area contributed by atoms with E-state index in [2.05, 4.69) is 6.07 Å². The molecule has 0 heterocycles. The van der Waals surface area contributed by atoms with Crippen LogP contribution < -0.4 is 9.47 Å². The number of aryl methyl sites for hydroxylation is 1. The van der Waals surface area contributed by atoms with Gasteiger partial charge in [-0.25, -0.2) is 0 Å². The molecule has 0 bridgehead atoms. The van der Waals surface area contributed by atoms with Crippen molar-refractivity contribution in [2.75, 3.05) is 13.7 Å². The standard InChI is InChI=1S/C19H21NO2/c1-15-9-10-17(18(13-15)21-3)22-12-11-19(2,14-20)16-7-5-4-6-8-16/h4-10,13H,11-12H2,1-3H3. The first-order chi connectivity index (χ1) is 10.6. The maximum absolute atomic E-state index is 9.54. The summed E-state index contributed by atoms with van der Waals surface area (Å²) in [6.07, 6.45) is 0.616. The van der Waals surface area contributed by atoms with Gasteiger partial charge in [0.15, 0.2) is 11.5 Å². The highest BCUT2D eigenvalue weighted by Crippen LogP contribution is 2.30. The zero-order valence-electron chi connectivity index (χ0n) is 13.3. The van der Waals surface area contributed by atoms with E-state index in [-0.39, 0.29) is 0 Å². The van der Waals surface area contributed by atoms with E-state index in [0.717, 1.165) is 16.9 Å². The number of hydrogen-bond acceptors (Lipinski definition) is 3. The Balaban J connectivity index is 2.05. The molecule has 1 unspecified atom stereocenters. The van der Waals surface area contributed by atoms with Crippen molar-refractivity contribution in [3.8, 4) is 17.6 Å². The number of methoxy groups -OCH3 is 1. The maximum atomic E-state index is 9.54. The molecule has 1 atom stereocenters. The van der Waals surface area contributed by atoms with Gasteiger partial charge in [-0.05, 0) is 37.1 Å². The van der Waals surface area contributed by atoms with E-state index in [9.17, 15) is 5.26 Å². The van der Waals surface area contributed by atoms with E-state index in [4.69, 9.17) is 9.47 Å². The van der Waals surface area contributed by atoms with Crippen molar-refractivity contribution in [2.45, 2.75) is 25.7 Å². The van der Waals surface area contributed by atoms with Gasteiger partial charge in [-0.3, -0.25) is 0 Å². The summed E-state index contributed by atoms with van der Waals surface area (Å²) in [7, 11) is 1.63. The molecule has 22 heavy (non-hydrogen) atoms. The van der Waals surface area contributed by atoms with Crippen molar-refractivity contribution in [1.82, 2.24) is 0 Å². The number of hydrogen-bond donors (Lipinski definition) is 0. The van der Waals surface area contributed by atoms with Gasteiger partial charge in [-0.2, -0.15) is 5.26 Å². The minimum atomic E-state index is -0.556. The molecular formula is C19H21NO2. The van der Waals surface area contributed by atoms with Crippen molar-refractivity contribution < 1.29 is 9.47 Å². The van der Waals surface area contributed by atoms with Crippen LogP contribution in [0.5, 0.6) is 11.5 Å². The first-order valence-corrected chi connectivity index (χ1v) is 7.33. The molecule has 0 aliphatic carbocycles. The number of rotatable bonds is 6. The third kappa shape index (κ3) is 3.59. The lowest BCUT2D eigenvalue weighted by molar-refractivity contribution is 0.269. The molecule has 0 spiro atoms. The second kappa shape index (κ2) is 7.00. The van der Waals surface area contributed by atoms with Gasteiger partial charge >= 0.3 is 0 Å². The molecule has 2 aromatic carbocycles. The van der Waals surface area contributed by atoms with Gasteiger partial charge in [-0.15, -0.1) is 0 Å². The molecule has 0 fully saturated rings. The first kappa shape index (κ1) is 15.9. The molecule has 0 saturated heterocycles. The Bertz CT molecular complexity index is 661. The van der Waals surface area contributed by atoms with Crippen LogP contribution in [0, 0.1) is 18.3 Å². The minimum Gasteiger partial charge on any atom is -0.493 e. The summed E-state index contributed by atoms with van der Waals surface area (Å²) in [6, 6.07) is 18.1. The maximum Gasteiger partial charge on any atom is 0.161 e. The van der Waals surface area contributed by atoms with Gasteiger partial charge in [-0.1, -0.05) is 36.4 Å². The molecule has 3 nitrogen and oxygen atoms in total. The van der Waals surface area contributed by atoms with Crippen molar-refractivity contribution in [1.29, 1.82) is 5.26 Å². The van der Waals surface area contributed by atoms with Crippen LogP contribution in [0.1, 0.15) is 24.5 Å². The quantitative estimate of drug-likeness (QED) is 0.800. The summed E-state index contributed by atoms with van der Waals surface area (Å²) >= 11 is 0. The predicted octanol–water partition coefficient (Wildman–Crippen LogP) is 4.25. The van der Waals surface area contributed by atoms with Gasteiger partial charge in [0.05, 0.1) is 25.2 Å². The number of benzene rings is 2. The number of nitriles is 1. The molecule has 0 amide bonds. The Hall–Kier alpha value is -2.47. The summed E-state index contributed by atoms with van der Waals surface area (Å²) in [6.45, 7) is 4.41. The highest BCUT2D eigenvalue weighted by Gasteiger charge is 2.26. The van der Waals surface area contributed by atoms with Crippen molar-refractivity contribution in [3.05, 3.63) is 59.7 Å². The van der Waals surface area contributed by atoms with E-state index in [1.54, 1.807) is 7.11 Å². The van der Waals surface area contributed by atoms with Gasteiger partial charge in [0, 0.05) is 6.42 Å². The normalized spacial score (nSPS) is 13.0. The van der Waals surface area contributed by atoms with E-state index in [0.29, 0.717) is 18.8 Å². The van der Waals surface area contributed by atoms with E-state index < -0.39 is 5.41 Å². The van der Waals surface area contributed by atoms with Gasteiger partial charge < -0.3 is 9.47 Å². The zero-order valence-corrected chi connectivity index (χ0v) is 13.3. The third-order valence-electron chi connectivity index (χ3n) is 3.84. The fourth-order valence-electron chi connectivity index (χ4n) is 2.33. The molecule has 3 heteroatoms. The topological polar surface area (TPSA) is 42.2 Å². The largest absolute Gasteiger partial charge is 0.493 e. The van der Waals surface area contributed by atoms with Crippen molar-refractivity contribution in [3.63, 3.8) is 0 Å². The lowest BCUT2D eigenvalue weighted by Crippen LogP contribution is -2.22. The Morgan fingerprint density at radius 2 is 1.82 bits per heavy atom. The van der Waals surface area contributed by atoms with E-state index in [1.807, 2.05) is 62.4 Å². The van der Waals surface area contributed by atoms with Crippen LogP contribution in [0.2, 0.25) is 0 Å². The SMILES string of the molecule is COc1cc(C)ccc1OCCC(C)(C#N)c1ccccc1. The lowest BCUT2D eigenvalue weighted by Gasteiger charge is -2.22. The van der Waals surface area contributed by atoms with Crippen molar-refractivity contribution >= 4 is 0 Å². The summed E-state index contributed by atoms with van der Waals surface area (Å²) in [5, 5.41) is 9.54. The summed E-state index contributed by atoms with van der Waals surface area (Å²) in [5.74, 6) is 1.43. The van der Waals surface area contributed by atoms with Gasteiger partial charge in [0.2, 0.25) is 0 Å². The highest BCUT2D eigenvalue weighted by molar-refractivity contribution is 5.42. The minimum absolute atomic E-state index is 0.457. The van der Waals surface area contributed by atoms with Crippen LogP contribution in [-0.4, -0.2) is 13.7 Å². The van der Waals surface area contributed by atoms with Crippen LogP contribution in [0.3, 0.4) is 0 Å². The average Bonchev–Trinajstić information content (AvgIpc) is 2.56. The predicted molar refractivity (Wildman–Crippen MR) is 87.3 cm³/mol. The molecule has 114 valence electrons. The van der Waals surface area contributed by atoms with Crippen molar-refractivity contribution in [2.24, 2.45) is 0 Å². The molecule has 2 rings (SSSR count). The summed E-state index contributed by atoms with van der Waals surface area (Å²) in [5.41, 5.74) is 1.58. The smallest absolute Gasteiger partial charge is 0.161 e. The van der Waals surface area contributed by atoms with Crippen LogP contribution in [0.4, 0.5) is 0 Å². The molecule has 0 N–H and O–H groups in total. The summed E-state index contributed by atoms with van der Waals surface area (Å²) in [4.78, 5) is 0. The molecule has 2 aromatic rings. The van der Waals surface area contributed by atoms with Crippen LogP contribution in [-0.2, 0) is 5.41 Å². The van der Waals surface area contributed by atoms with Gasteiger partial charge in [0.1, 0.15) is 0 Å². The first-order valence-electron chi connectivity index (χ1n) is 7.33. The Kier molecular flexibility index (Phi) is 5.06. The number of nitrogens with zero attached hydrogens (tertiary/aromatic N) is 1. The highest BCUT2D eigenvalue weighted by atomic mass is 16.5. The molecule has 0 radical (unpaired) electrons. The van der Waals surface area contributed by atoms with Gasteiger partial charge in [0.25, 0.3) is 0 Å². The second-order valence-electron chi connectivity index (χ2n) is 5.56. The van der Waals surface area contributed by atoms with E-state index in [1.165, 1.54) is 0 Å². The summed E-state index contributed by atoms with van der Waals surface area (Å²) < 4.78 is 11.2. The van der Waals surface area contributed by atoms with Crippen LogP contribution >= 0.6 is 0 Å². The fourth-order valence-corrected chi connectivity index (χ4v) is 2.33. The molecule has 0 aromatic heterocycles. The Morgan fingerprint density at radius 3 is 2.45 bits per heavy atom. The Morgan fingerprint density at radius 1 is 1.09 bits per heavy atom. The average molecular weight is 295 g/mol. The number of ether oxygens (including phenoxy) is 2. The molecule has 0 aliphatic heterocycles. The second-order valence-corrected chi connectivity index (χ2v) is 5.56. The monoisotopic (exact) mass is 295 g/mol.